The number of thiazole rings is 1. The van der Waals surface area contributed by atoms with Gasteiger partial charge in [-0.25, -0.2) is 18.4 Å². The van der Waals surface area contributed by atoms with Crippen molar-refractivity contribution in [3.8, 4) is 16.5 Å². The molecule has 0 bridgehead atoms. The lowest BCUT2D eigenvalue weighted by Gasteiger charge is -2.40. The molecule has 14 heteroatoms. The van der Waals surface area contributed by atoms with E-state index in [1.54, 1.807) is 30.7 Å². The molecule has 2 N–H and O–H groups in total. The van der Waals surface area contributed by atoms with Crippen molar-refractivity contribution in [3.05, 3.63) is 47.6 Å². The Morgan fingerprint density at radius 2 is 1.98 bits per heavy atom. The predicted molar refractivity (Wildman–Crippen MR) is 151 cm³/mol. The minimum atomic E-state index is -3.44. The van der Waals surface area contributed by atoms with E-state index >= 15 is 0 Å². The van der Waals surface area contributed by atoms with E-state index in [4.69, 9.17) is 9.47 Å². The molecule has 1 saturated carbocycles. The summed E-state index contributed by atoms with van der Waals surface area (Å²) < 4.78 is 38.9. The zero-order chi connectivity index (χ0) is 28.3. The zero-order valence-electron chi connectivity index (χ0n) is 22.6. The standard InChI is InChI=1S/C26H33N7O5S2/c1-4-38-24-12-27-10-21(30-24)23-11-29-26(39-23)25(34)31-22(13-33-16(2)14-37-15-17(33)3)20-9-18(7-8-28-20)32-40(35,36)19-5-6-19/h7-12,16-17,19,22H,4-6,13-15H2,1-3H3,(H,28,32)(H,31,34)/t16-,17+,22-/m1/s1. The minimum Gasteiger partial charge on any atom is -0.477 e. The fourth-order valence-corrected chi connectivity index (χ4v) is 6.70. The molecule has 3 atom stereocenters. The number of amides is 1. The highest BCUT2D eigenvalue weighted by Gasteiger charge is 2.36. The molecule has 12 nitrogen and oxygen atoms in total. The van der Waals surface area contributed by atoms with Gasteiger partial charge in [0.1, 0.15) is 5.69 Å². The molecule has 0 spiro atoms. The third-order valence-corrected chi connectivity index (χ3v) is 9.66. The largest absolute Gasteiger partial charge is 0.477 e. The molecule has 1 aliphatic heterocycles. The Morgan fingerprint density at radius 1 is 1.20 bits per heavy atom. The summed E-state index contributed by atoms with van der Waals surface area (Å²) in [6.07, 6.45) is 7.60. The lowest BCUT2D eigenvalue weighted by atomic mass is 10.1. The number of carbonyl (C=O) groups excluding carboxylic acids is 1. The number of carbonyl (C=O) groups is 1. The summed E-state index contributed by atoms with van der Waals surface area (Å²) >= 11 is 1.20. The Labute approximate surface area is 237 Å². The maximum absolute atomic E-state index is 13.5. The number of anilines is 1. The topological polar surface area (TPSA) is 149 Å². The van der Waals surface area contributed by atoms with Crippen LogP contribution >= 0.6 is 11.3 Å². The summed E-state index contributed by atoms with van der Waals surface area (Å²) in [6.45, 7) is 8.11. The van der Waals surface area contributed by atoms with E-state index in [1.165, 1.54) is 17.5 Å². The van der Waals surface area contributed by atoms with E-state index in [1.807, 2.05) is 6.92 Å². The molecule has 0 unspecified atom stereocenters. The van der Waals surface area contributed by atoms with Gasteiger partial charge in [0.2, 0.25) is 15.9 Å². The second-order valence-corrected chi connectivity index (χ2v) is 13.0. The van der Waals surface area contributed by atoms with Crippen LogP contribution in [0.4, 0.5) is 5.69 Å². The molecule has 1 aliphatic carbocycles. The first-order chi connectivity index (χ1) is 19.2. The van der Waals surface area contributed by atoms with Crippen molar-refractivity contribution in [1.82, 2.24) is 30.2 Å². The van der Waals surface area contributed by atoms with Gasteiger partial charge in [0.25, 0.3) is 5.91 Å². The van der Waals surface area contributed by atoms with Crippen LogP contribution in [0.3, 0.4) is 0 Å². The number of aromatic nitrogens is 4. The zero-order valence-corrected chi connectivity index (χ0v) is 24.2. The Bertz CT molecular complexity index is 1440. The molecular formula is C26H33N7O5S2. The van der Waals surface area contributed by atoms with Crippen molar-refractivity contribution in [3.63, 3.8) is 0 Å². The number of nitrogens with zero attached hydrogens (tertiary/aromatic N) is 5. The van der Waals surface area contributed by atoms with E-state index in [-0.39, 0.29) is 28.2 Å². The molecule has 2 fully saturated rings. The average molecular weight is 588 g/mol. The lowest BCUT2D eigenvalue weighted by molar-refractivity contribution is -0.0403. The smallest absolute Gasteiger partial charge is 0.280 e. The normalized spacial score (nSPS) is 20.6. The van der Waals surface area contributed by atoms with Crippen LogP contribution in [0.25, 0.3) is 10.6 Å². The summed E-state index contributed by atoms with van der Waals surface area (Å²) in [7, 11) is -3.44. The molecule has 3 aromatic heterocycles. The van der Waals surface area contributed by atoms with Gasteiger partial charge < -0.3 is 14.8 Å². The van der Waals surface area contributed by atoms with Crippen LogP contribution in [0.15, 0.2) is 36.9 Å². The Hall–Kier alpha value is -3.20. The van der Waals surface area contributed by atoms with E-state index in [0.717, 1.165) is 0 Å². The fraction of sp³-hybridized carbons (Fsp3) is 0.500. The van der Waals surface area contributed by atoms with E-state index in [9.17, 15) is 13.2 Å². The number of ether oxygens (including phenoxy) is 2. The summed E-state index contributed by atoms with van der Waals surface area (Å²) in [5.41, 5.74) is 1.53. The Morgan fingerprint density at radius 3 is 2.70 bits per heavy atom. The highest BCUT2D eigenvalue weighted by Crippen LogP contribution is 2.31. The number of nitrogens with one attached hydrogen (secondary N) is 2. The molecule has 40 heavy (non-hydrogen) atoms. The van der Waals surface area contributed by atoms with Gasteiger partial charge in [0, 0.05) is 31.0 Å². The van der Waals surface area contributed by atoms with Gasteiger partial charge in [0.15, 0.2) is 5.01 Å². The van der Waals surface area contributed by atoms with Crippen molar-refractivity contribution in [2.75, 3.05) is 31.1 Å². The summed E-state index contributed by atoms with van der Waals surface area (Å²) in [6, 6.07) is 3.02. The molecule has 1 amide bonds. The first-order valence-corrected chi connectivity index (χ1v) is 15.6. The van der Waals surface area contributed by atoms with Crippen molar-refractivity contribution in [2.24, 2.45) is 0 Å². The monoisotopic (exact) mass is 587 g/mol. The SMILES string of the molecule is CCOc1cncc(-c2cnc(C(=O)N[C@H](CN3[C@H](C)COC[C@@H]3C)c3cc(NS(=O)(=O)C4CC4)ccn3)s2)n1. The predicted octanol–water partition coefficient (Wildman–Crippen LogP) is 2.88. The van der Waals surface area contributed by atoms with Crippen molar-refractivity contribution in [1.29, 1.82) is 0 Å². The molecule has 214 valence electrons. The van der Waals surface area contributed by atoms with Gasteiger partial charge in [-0.05, 0) is 45.7 Å². The molecule has 2 aliphatic rings. The molecule has 3 aromatic rings. The highest BCUT2D eigenvalue weighted by atomic mass is 32.2. The Kier molecular flexibility index (Phi) is 8.59. The van der Waals surface area contributed by atoms with Crippen LogP contribution in [-0.4, -0.2) is 82.9 Å². The Balaban J connectivity index is 1.38. The van der Waals surface area contributed by atoms with Gasteiger partial charge in [-0.3, -0.25) is 24.4 Å². The van der Waals surface area contributed by atoms with E-state index in [0.29, 0.717) is 67.0 Å². The second kappa shape index (κ2) is 12.1. The molecule has 1 saturated heterocycles. The maximum atomic E-state index is 13.5. The van der Waals surface area contributed by atoms with Gasteiger partial charge in [-0.2, -0.15) is 0 Å². The lowest BCUT2D eigenvalue weighted by Crippen LogP contribution is -2.52. The number of pyridine rings is 1. The summed E-state index contributed by atoms with van der Waals surface area (Å²) in [5.74, 6) is 0.0333. The van der Waals surface area contributed by atoms with Gasteiger partial charge in [-0.1, -0.05) is 0 Å². The first-order valence-electron chi connectivity index (χ1n) is 13.3. The number of hydrogen-bond acceptors (Lipinski definition) is 11. The summed E-state index contributed by atoms with van der Waals surface area (Å²) in [4.78, 5) is 33.8. The van der Waals surface area contributed by atoms with Crippen LogP contribution in [-0.2, 0) is 14.8 Å². The van der Waals surface area contributed by atoms with Crippen LogP contribution in [0, 0.1) is 0 Å². The highest BCUT2D eigenvalue weighted by molar-refractivity contribution is 7.93. The van der Waals surface area contributed by atoms with E-state index < -0.39 is 16.1 Å². The third-order valence-electron chi connectivity index (χ3n) is 6.77. The molecule has 0 aromatic carbocycles. The van der Waals surface area contributed by atoms with Gasteiger partial charge >= 0.3 is 0 Å². The number of hydrogen-bond donors (Lipinski definition) is 2. The van der Waals surface area contributed by atoms with Crippen LogP contribution < -0.4 is 14.8 Å². The quantitative estimate of drug-likeness (QED) is 0.343. The van der Waals surface area contributed by atoms with Crippen molar-refractivity contribution in [2.45, 2.75) is 57.0 Å². The van der Waals surface area contributed by atoms with Crippen LogP contribution in [0.2, 0.25) is 0 Å². The first kappa shape index (κ1) is 28.3. The van der Waals surface area contributed by atoms with Gasteiger partial charge in [0.05, 0.1) is 59.8 Å². The minimum absolute atomic E-state index is 0.127. The second-order valence-electron chi connectivity index (χ2n) is 9.98. The van der Waals surface area contributed by atoms with Gasteiger partial charge in [-0.15, -0.1) is 11.3 Å². The van der Waals surface area contributed by atoms with Crippen molar-refractivity contribution >= 4 is 33.0 Å². The van der Waals surface area contributed by atoms with Crippen LogP contribution in [0.1, 0.15) is 55.2 Å². The number of morpholine rings is 1. The molecular weight excluding hydrogens is 554 g/mol. The molecule has 0 radical (unpaired) electrons. The fourth-order valence-electron chi connectivity index (χ4n) is 4.55. The average Bonchev–Trinajstić information content (AvgIpc) is 3.68. The van der Waals surface area contributed by atoms with Crippen LogP contribution in [0.5, 0.6) is 5.88 Å². The molecule has 5 rings (SSSR count). The number of sulfonamides is 1. The van der Waals surface area contributed by atoms with Crippen molar-refractivity contribution < 1.29 is 22.7 Å². The number of rotatable bonds is 11. The molecule has 4 heterocycles. The van der Waals surface area contributed by atoms with E-state index in [2.05, 4.69) is 48.7 Å². The summed E-state index contributed by atoms with van der Waals surface area (Å²) in [5, 5.41) is 2.99. The third kappa shape index (κ3) is 6.74. The maximum Gasteiger partial charge on any atom is 0.280 e.